The monoisotopic (exact) mass is 819 g/mol. The summed E-state index contributed by atoms with van der Waals surface area (Å²) in [6, 6.07) is 22.3. The van der Waals surface area contributed by atoms with Crippen LogP contribution in [0.25, 0.3) is 0 Å². The highest BCUT2D eigenvalue weighted by Gasteiger charge is 2.28. The lowest BCUT2D eigenvalue weighted by Gasteiger charge is -2.29. The van der Waals surface area contributed by atoms with Crippen LogP contribution in [0.1, 0.15) is 76.1 Å². The van der Waals surface area contributed by atoms with Gasteiger partial charge in [-0.05, 0) is 97.0 Å². The second kappa shape index (κ2) is 17.0. The summed E-state index contributed by atoms with van der Waals surface area (Å²) in [5.41, 5.74) is 5.05. The van der Waals surface area contributed by atoms with Gasteiger partial charge in [0.25, 0.3) is 21.8 Å². The molecular weight excluding hydrogens is 781 g/mol. The Hall–Kier alpha value is -4.68. The molecule has 4 aromatic carbocycles. The molecule has 0 atom stereocenters. The molecule has 2 aliphatic rings. The molecule has 0 fully saturated rings. The van der Waals surface area contributed by atoms with Crippen molar-refractivity contribution < 1.29 is 22.8 Å². The minimum atomic E-state index is -4.31. The molecule has 2 aliphatic heterocycles. The fourth-order valence-corrected chi connectivity index (χ4v) is 8.21. The zero-order valence-corrected chi connectivity index (χ0v) is 33.4. The Morgan fingerprint density at radius 3 is 2.36 bits per heavy atom. The maximum atomic E-state index is 14.2. The number of rotatable bonds is 13. The van der Waals surface area contributed by atoms with E-state index in [0.717, 1.165) is 34.4 Å². The lowest BCUT2D eigenvalue weighted by Crippen LogP contribution is -2.36. The van der Waals surface area contributed by atoms with Crippen LogP contribution in [0.15, 0.2) is 94.5 Å². The van der Waals surface area contributed by atoms with Crippen LogP contribution in [0.2, 0.25) is 10.0 Å². The molecule has 3 N–H and O–H groups in total. The summed E-state index contributed by atoms with van der Waals surface area (Å²) in [5.74, 6) is -1.70. The number of nitrogens with one attached hydrogen (secondary N) is 3. The molecule has 2 amide bonds. The number of ketones is 1. The van der Waals surface area contributed by atoms with E-state index in [4.69, 9.17) is 40.2 Å². The second-order valence-electron chi connectivity index (χ2n) is 13.6. The second-order valence-corrected chi connectivity index (χ2v) is 16.5. The number of amides is 2. The minimum Gasteiger partial charge on any atom is -0.367 e. The van der Waals surface area contributed by atoms with Crippen LogP contribution in [0.4, 0.5) is 11.4 Å². The van der Waals surface area contributed by atoms with Gasteiger partial charge in [0.15, 0.2) is 5.78 Å². The molecule has 6 rings (SSSR count). The van der Waals surface area contributed by atoms with Crippen molar-refractivity contribution in [1.29, 1.82) is 5.41 Å². The zero-order chi connectivity index (χ0) is 39.4. The Kier molecular flexibility index (Phi) is 12.4. The van der Waals surface area contributed by atoms with Crippen LogP contribution in [0.5, 0.6) is 0 Å². The van der Waals surface area contributed by atoms with Gasteiger partial charge in [0.2, 0.25) is 0 Å². The summed E-state index contributed by atoms with van der Waals surface area (Å²) < 4.78 is 29.3. The van der Waals surface area contributed by atoms with E-state index in [-0.39, 0.29) is 44.6 Å². The molecule has 0 saturated carbocycles. The van der Waals surface area contributed by atoms with Crippen LogP contribution in [-0.2, 0) is 40.7 Å². The number of nitrogens with zero attached hydrogens (tertiary/aromatic N) is 2. The summed E-state index contributed by atoms with van der Waals surface area (Å²) in [6.45, 7) is 5.53. The van der Waals surface area contributed by atoms with Crippen LogP contribution < -0.4 is 14.9 Å². The summed E-state index contributed by atoms with van der Waals surface area (Å²) in [4.78, 5) is 44.1. The third kappa shape index (κ3) is 9.07. The van der Waals surface area contributed by atoms with Gasteiger partial charge in [-0.25, -0.2) is 13.1 Å². The minimum absolute atomic E-state index is 0.0564. The Morgan fingerprint density at radius 2 is 1.62 bits per heavy atom. The van der Waals surface area contributed by atoms with Crippen molar-refractivity contribution in [3.8, 4) is 0 Å². The average Bonchev–Trinajstić information content (AvgIpc) is 3.58. The Bertz CT molecular complexity index is 2350. The van der Waals surface area contributed by atoms with Gasteiger partial charge in [-0.3, -0.25) is 19.8 Å². The first-order valence-corrected chi connectivity index (χ1v) is 20.5. The van der Waals surface area contributed by atoms with Gasteiger partial charge >= 0.3 is 0 Å². The Labute approximate surface area is 336 Å². The van der Waals surface area contributed by atoms with Crippen molar-refractivity contribution in [1.82, 2.24) is 9.62 Å². The molecule has 286 valence electrons. The number of sulfonamides is 1. The van der Waals surface area contributed by atoms with Crippen molar-refractivity contribution in [2.24, 2.45) is 0 Å². The van der Waals surface area contributed by atoms with Crippen molar-refractivity contribution in [3.05, 3.63) is 133 Å². The molecular formula is C41H40Cl3N5O5S. The first-order valence-electron chi connectivity index (χ1n) is 17.9. The van der Waals surface area contributed by atoms with Gasteiger partial charge in [-0.1, -0.05) is 78.5 Å². The highest BCUT2D eigenvalue weighted by Crippen LogP contribution is 2.33. The van der Waals surface area contributed by atoms with Crippen LogP contribution >= 0.6 is 34.8 Å². The summed E-state index contributed by atoms with van der Waals surface area (Å²) >= 11 is 18.8. The summed E-state index contributed by atoms with van der Waals surface area (Å²) in [5, 5.41) is 12.2. The summed E-state index contributed by atoms with van der Waals surface area (Å²) in [6.07, 6.45) is 2.86. The molecule has 10 nitrogen and oxygen atoms in total. The number of hydrogen-bond donors (Lipinski definition) is 3. The van der Waals surface area contributed by atoms with Gasteiger partial charge in [0, 0.05) is 49.5 Å². The molecule has 55 heavy (non-hydrogen) atoms. The fourth-order valence-electron chi connectivity index (χ4n) is 6.72. The molecule has 0 spiro atoms. The number of fused-ring (bicyclic) bond motifs is 2. The largest absolute Gasteiger partial charge is 0.367 e. The molecule has 0 bridgehead atoms. The normalized spacial score (nSPS) is 14.1. The number of unbranched alkanes of at least 4 members (excludes halogenated alkanes) is 1. The number of hydrogen-bond acceptors (Lipinski definition) is 8. The highest BCUT2D eigenvalue weighted by atomic mass is 35.5. The number of halogens is 3. The lowest BCUT2D eigenvalue weighted by molar-refractivity contribution is -0.113. The Morgan fingerprint density at radius 1 is 0.873 bits per heavy atom. The van der Waals surface area contributed by atoms with E-state index in [1.54, 1.807) is 36.1 Å². The SMILES string of the molecule is CCCCC(=O)C(=N)/C(Cl)=C(/C)Nc1ccc(C(=O)NS(=O)(=O)c2ccc3c(c2)CCN3Cc2ccc(Cl)c(Cl)c2)cc1C(=O)N1CCc2ccccc2C1. The molecule has 0 aliphatic carbocycles. The van der Waals surface area contributed by atoms with Crippen molar-refractivity contribution >= 4 is 79.5 Å². The topological polar surface area (TPSA) is 140 Å². The van der Waals surface area contributed by atoms with E-state index in [1.807, 2.05) is 37.3 Å². The van der Waals surface area contributed by atoms with E-state index < -0.39 is 27.6 Å². The fraction of sp³-hybridized carbons (Fsp3) is 0.268. The lowest BCUT2D eigenvalue weighted by atomic mass is 9.98. The van der Waals surface area contributed by atoms with Crippen molar-refractivity contribution in [3.63, 3.8) is 0 Å². The molecule has 0 saturated heterocycles. The maximum Gasteiger partial charge on any atom is 0.265 e. The van der Waals surface area contributed by atoms with Crippen LogP contribution in [0.3, 0.4) is 0 Å². The number of carbonyl (C=O) groups excluding carboxylic acids is 3. The molecule has 0 aromatic heterocycles. The third-order valence-electron chi connectivity index (χ3n) is 9.77. The zero-order valence-electron chi connectivity index (χ0n) is 30.3. The van der Waals surface area contributed by atoms with Crippen LogP contribution in [0, 0.1) is 5.41 Å². The molecule has 4 aromatic rings. The quantitative estimate of drug-likeness (QED) is 0.115. The van der Waals surface area contributed by atoms with E-state index in [9.17, 15) is 22.8 Å². The first kappa shape index (κ1) is 40.0. The van der Waals surface area contributed by atoms with Gasteiger partial charge in [-0.15, -0.1) is 0 Å². The Balaban J connectivity index is 1.24. The van der Waals surface area contributed by atoms with Gasteiger partial charge in [0.1, 0.15) is 5.71 Å². The highest BCUT2D eigenvalue weighted by molar-refractivity contribution is 7.90. The predicted molar refractivity (Wildman–Crippen MR) is 218 cm³/mol. The number of allylic oxidation sites excluding steroid dienone is 2. The number of benzene rings is 4. The molecule has 14 heteroatoms. The number of Topliss-reactive ketones (excluding diaryl/α,β-unsaturated/α-hetero) is 1. The smallest absolute Gasteiger partial charge is 0.265 e. The number of anilines is 2. The van der Waals surface area contributed by atoms with Gasteiger partial charge in [0.05, 0.1) is 31.2 Å². The third-order valence-corrected chi connectivity index (χ3v) is 12.3. The van der Waals surface area contributed by atoms with Gasteiger partial charge in [-0.2, -0.15) is 0 Å². The first-order chi connectivity index (χ1) is 26.2. The van der Waals surface area contributed by atoms with Crippen molar-refractivity contribution in [2.75, 3.05) is 23.3 Å². The van der Waals surface area contributed by atoms with E-state index >= 15 is 0 Å². The standard InChI is InChI=1S/C41H40Cl3N5O5S/c1-3-4-9-37(50)39(45)38(44)25(2)46-35-14-11-29(22-32(35)41(52)49-19-16-27-7-5-6-8-30(27)24-49)40(51)47-55(53,54)31-12-15-36-28(21-31)17-18-48(36)23-26-10-13-33(42)34(43)20-26/h5-8,10-15,20-22,45-46H,3-4,9,16-19,23-24H2,1-2H3,(H,47,51)/b38-25+,45-39?. The predicted octanol–water partition coefficient (Wildman–Crippen LogP) is 8.53. The molecule has 0 unspecified atom stereocenters. The summed E-state index contributed by atoms with van der Waals surface area (Å²) in [7, 11) is -4.31. The van der Waals surface area contributed by atoms with Crippen LogP contribution in [-0.4, -0.2) is 49.7 Å². The van der Waals surface area contributed by atoms with E-state index in [0.29, 0.717) is 55.5 Å². The molecule has 0 radical (unpaired) electrons. The van der Waals surface area contributed by atoms with E-state index in [2.05, 4.69) is 14.9 Å². The molecule has 2 heterocycles. The van der Waals surface area contributed by atoms with E-state index in [1.165, 1.54) is 24.3 Å². The average molecular weight is 821 g/mol. The van der Waals surface area contributed by atoms with Gasteiger partial charge < -0.3 is 15.1 Å². The number of carbonyl (C=O) groups is 3. The van der Waals surface area contributed by atoms with Crippen molar-refractivity contribution in [2.45, 2.75) is 63.9 Å². The maximum absolute atomic E-state index is 14.2.